The highest BCUT2D eigenvalue weighted by Gasteiger charge is 2.29. The highest BCUT2D eigenvalue weighted by molar-refractivity contribution is 7.88. The van der Waals surface area contributed by atoms with Gasteiger partial charge in [0.2, 0.25) is 15.9 Å². The number of sulfonamides is 1. The van der Waals surface area contributed by atoms with Crippen LogP contribution in [0.15, 0.2) is 18.2 Å². The fraction of sp³-hybridized carbons (Fsp3) is 0.500. The lowest BCUT2D eigenvalue weighted by atomic mass is 9.92. The summed E-state index contributed by atoms with van der Waals surface area (Å²) in [4.78, 5) is 12.3. The van der Waals surface area contributed by atoms with Crippen LogP contribution in [0.4, 0.5) is 5.69 Å². The van der Waals surface area contributed by atoms with Crippen molar-refractivity contribution in [2.75, 3.05) is 32.3 Å². The molecule has 0 aromatic heterocycles. The molecule has 0 aliphatic heterocycles. The number of benzene rings is 1. The molecule has 7 nitrogen and oxygen atoms in total. The number of nitrogens with one attached hydrogen (secondary N) is 2. The van der Waals surface area contributed by atoms with Crippen LogP contribution in [0.5, 0.6) is 11.5 Å². The van der Waals surface area contributed by atoms with Crippen LogP contribution >= 0.6 is 0 Å². The number of carbonyl (C=O) groups is 1. The van der Waals surface area contributed by atoms with Gasteiger partial charge in [-0.2, -0.15) is 0 Å². The molecule has 0 saturated heterocycles. The van der Waals surface area contributed by atoms with Crippen LogP contribution in [0.1, 0.15) is 13.8 Å². The average Bonchev–Trinajstić information content (AvgIpc) is 2.45. The highest BCUT2D eigenvalue weighted by atomic mass is 32.2. The van der Waals surface area contributed by atoms with Crippen molar-refractivity contribution in [2.45, 2.75) is 13.8 Å². The number of ether oxygens (including phenoxy) is 2. The Hall–Kier alpha value is -1.80. The van der Waals surface area contributed by atoms with Crippen molar-refractivity contribution in [3.05, 3.63) is 18.2 Å². The number of anilines is 1. The van der Waals surface area contributed by atoms with E-state index in [2.05, 4.69) is 10.0 Å². The van der Waals surface area contributed by atoms with Crippen LogP contribution in [-0.2, 0) is 14.8 Å². The van der Waals surface area contributed by atoms with Gasteiger partial charge < -0.3 is 14.8 Å². The van der Waals surface area contributed by atoms with Crippen LogP contribution in [0.2, 0.25) is 0 Å². The summed E-state index contributed by atoms with van der Waals surface area (Å²) >= 11 is 0. The largest absolute Gasteiger partial charge is 0.497 e. The van der Waals surface area contributed by atoms with E-state index in [4.69, 9.17) is 9.47 Å². The third-order valence-electron chi connectivity index (χ3n) is 3.05. The van der Waals surface area contributed by atoms with Gasteiger partial charge in [-0.25, -0.2) is 13.1 Å². The van der Waals surface area contributed by atoms with Gasteiger partial charge in [0.25, 0.3) is 0 Å². The van der Waals surface area contributed by atoms with Gasteiger partial charge in [0.15, 0.2) is 0 Å². The van der Waals surface area contributed by atoms with E-state index in [9.17, 15) is 13.2 Å². The van der Waals surface area contributed by atoms with E-state index >= 15 is 0 Å². The monoisotopic (exact) mass is 330 g/mol. The van der Waals surface area contributed by atoms with E-state index in [0.29, 0.717) is 17.2 Å². The van der Waals surface area contributed by atoms with Crippen molar-refractivity contribution in [2.24, 2.45) is 5.41 Å². The average molecular weight is 330 g/mol. The van der Waals surface area contributed by atoms with Crippen molar-refractivity contribution in [3.63, 3.8) is 0 Å². The van der Waals surface area contributed by atoms with E-state index in [1.165, 1.54) is 14.2 Å². The molecule has 0 saturated carbocycles. The Morgan fingerprint density at radius 2 is 1.86 bits per heavy atom. The molecule has 0 radical (unpaired) electrons. The summed E-state index contributed by atoms with van der Waals surface area (Å²) in [5, 5.41) is 2.73. The number of methoxy groups -OCH3 is 2. The molecule has 124 valence electrons. The topological polar surface area (TPSA) is 93.7 Å². The molecular weight excluding hydrogens is 308 g/mol. The first-order valence-corrected chi connectivity index (χ1v) is 8.46. The van der Waals surface area contributed by atoms with E-state index < -0.39 is 15.4 Å². The number of carbonyl (C=O) groups excluding carboxylic acids is 1. The van der Waals surface area contributed by atoms with Crippen LogP contribution in [0, 0.1) is 5.41 Å². The number of hydrogen-bond acceptors (Lipinski definition) is 5. The van der Waals surface area contributed by atoms with E-state index in [1.807, 2.05) is 0 Å². The molecule has 2 N–H and O–H groups in total. The zero-order chi connectivity index (χ0) is 17.0. The maximum absolute atomic E-state index is 12.3. The van der Waals surface area contributed by atoms with E-state index in [0.717, 1.165) is 6.26 Å². The van der Waals surface area contributed by atoms with Crippen molar-refractivity contribution >= 4 is 21.6 Å². The molecule has 0 bridgehead atoms. The first-order valence-electron chi connectivity index (χ1n) is 6.57. The van der Waals surface area contributed by atoms with Gasteiger partial charge in [0.05, 0.1) is 31.6 Å². The number of hydrogen-bond donors (Lipinski definition) is 2. The third kappa shape index (κ3) is 5.19. The van der Waals surface area contributed by atoms with Crippen molar-refractivity contribution in [3.8, 4) is 11.5 Å². The molecule has 1 aromatic carbocycles. The van der Waals surface area contributed by atoms with Crippen molar-refractivity contribution < 1.29 is 22.7 Å². The lowest BCUT2D eigenvalue weighted by Gasteiger charge is -2.24. The van der Waals surface area contributed by atoms with E-state index in [1.54, 1.807) is 32.0 Å². The lowest BCUT2D eigenvalue weighted by Crippen LogP contribution is -2.41. The Morgan fingerprint density at radius 1 is 1.23 bits per heavy atom. The Kier molecular flexibility index (Phi) is 5.78. The third-order valence-corrected chi connectivity index (χ3v) is 3.72. The predicted molar refractivity (Wildman–Crippen MR) is 84.8 cm³/mol. The fourth-order valence-corrected chi connectivity index (χ4v) is 2.21. The molecule has 1 aromatic rings. The summed E-state index contributed by atoms with van der Waals surface area (Å²) in [6, 6.07) is 5.01. The molecule has 0 unspecified atom stereocenters. The SMILES string of the molecule is COc1ccc(NC(=O)C(C)(C)CNS(C)(=O)=O)c(OC)c1. The predicted octanol–water partition coefficient (Wildman–Crippen LogP) is 1.22. The lowest BCUT2D eigenvalue weighted by molar-refractivity contribution is -0.123. The minimum atomic E-state index is -3.36. The van der Waals surface area contributed by atoms with Gasteiger partial charge in [-0.1, -0.05) is 0 Å². The Morgan fingerprint density at radius 3 is 2.36 bits per heavy atom. The zero-order valence-corrected chi connectivity index (χ0v) is 14.2. The van der Waals surface area contributed by atoms with Gasteiger partial charge in [-0.3, -0.25) is 4.79 Å². The van der Waals surface area contributed by atoms with Crippen molar-refractivity contribution in [1.82, 2.24) is 4.72 Å². The van der Waals surface area contributed by atoms with E-state index in [-0.39, 0.29) is 12.5 Å². The summed E-state index contributed by atoms with van der Waals surface area (Å²) in [6.07, 6.45) is 1.05. The smallest absolute Gasteiger partial charge is 0.231 e. The second-order valence-electron chi connectivity index (χ2n) is 5.50. The first kappa shape index (κ1) is 18.2. The minimum absolute atomic E-state index is 0.00383. The summed E-state index contributed by atoms with van der Waals surface area (Å²) in [6.45, 7) is 3.29. The Labute approximate surface area is 131 Å². The van der Waals surface area contributed by atoms with Crippen molar-refractivity contribution in [1.29, 1.82) is 0 Å². The minimum Gasteiger partial charge on any atom is -0.497 e. The first-order chi connectivity index (χ1) is 10.1. The van der Waals surface area contributed by atoms with Crippen LogP contribution in [0.3, 0.4) is 0 Å². The zero-order valence-electron chi connectivity index (χ0n) is 13.4. The fourth-order valence-electron chi connectivity index (χ4n) is 1.59. The molecule has 0 aliphatic rings. The van der Waals surface area contributed by atoms with Crippen LogP contribution in [0.25, 0.3) is 0 Å². The van der Waals surface area contributed by atoms with Crippen LogP contribution < -0.4 is 19.5 Å². The molecule has 8 heteroatoms. The maximum Gasteiger partial charge on any atom is 0.231 e. The van der Waals surface area contributed by atoms with Crippen LogP contribution in [-0.4, -0.2) is 41.3 Å². The molecule has 22 heavy (non-hydrogen) atoms. The Bertz CT molecular complexity index is 641. The summed E-state index contributed by atoms with van der Waals surface area (Å²) < 4.78 is 34.9. The molecular formula is C14H22N2O5S. The molecule has 0 atom stereocenters. The van der Waals surface area contributed by atoms with Gasteiger partial charge in [0.1, 0.15) is 11.5 Å². The quantitative estimate of drug-likeness (QED) is 0.784. The second-order valence-corrected chi connectivity index (χ2v) is 7.33. The maximum atomic E-state index is 12.3. The normalized spacial score (nSPS) is 11.9. The summed E-state index contributed by atoms with van der Waals surface area (Å²) in [7, 11) is -0.335. The van der Waals surface area contributed by atoms with Gasteiger partial charge >= 0.3 is 0 Å². The molecule has 0 fully saturated rings. The Balaban J connectivity index is 2.87. The molecule has 0 heterocycles. The summed E-state index contributed by atoms with van der Waals surface area (Å²) in [5.74, 6) is 0.736. The van der Waals surface area contributed by atoms with Gasteiger partial charge in [-0.05, 0) is 26.0 Å². The standard InChI is InChI=1S/C14H22N2O5S/c1-14(2,9-15-22(5,18)19)13(17)16-11-7-6-10(20-3)8-12(11)21-4/h6-8,15H,9H2,1-5H3,(H,16,17). The molecule has 0 spiro atoms. The van der Waals surface area contributed by atoms with Gasteiger partial charge in [-0.15, -0.1) is 0 Å². The van der Waals surface area contributed by atoms with Gasteiger partial charge in [0, 0.05) is 12.6 Å². The second kappa shape index (κ2) is 6.97. The molecule has 0 aliphatic carbocycles. The number of amides is 1. The summed E-state index contributed by atoms with van der Waals surface area (Å²) in [5.41, 5.74) is -0.436. The highest BCUT2D eigenvalue weighted by Crippen LogP contribution is 2.30. The molecule has 1 rings (SSSR count). The molecule has 1 amide bonds. The number of rotatable bonds is 7.